The molecule has 96 valence electrons. The fraction of sp³-hybridized carbons (Fsp3) is 0.182. The molecule has 1 aromatic carbocycles. The highest BCUT2D eigenvalue weighted by molar-refractivity contribution is 7.92. The van der Waals surface area contributed by atoms with Crippen LogP contribution in [0.25, 0.3) is 0 Å². The van der Waals surface area contributed by atoms with E-state index in [1.807, 2.05) is 0 Å². The zero-order chi connectivity index (χ0) is 13.3. The molecule has 0 aliphatic rings. The largest absolute Gasteiger partial charge is 0.330 e. The van der Waals surface area contributed by atoms with Gasteiger partial charge < -0.3 is 4.98 Å². The van der Waals surface area contributed by atoms with E-state index in [0.29, 0.717) is 11.1 Å². The summed E-state index contributed by atoms with van der Waals surface area (Å²) < 4.78 is 39.8. The van der Waals surface area contributed by atoms with Gasteiger partial charge in [0.25, 0.3) is 10.0 Å². The van der Waals surface area contributed by atoms with E-state index in [1.54, 1.807) is 13.8 Å². The third kappa shape index (κ3) is 2.35. The third-order valence-corrected chi connectivity index (χ3v) is 4.07. The highest BCUT2D eigenvalue weighted by Crippen LogP contribution is 2.22. The van der Waals surface area contributed by atoms with E-state index in [9.17, 15) is 12.8 Å². The lowest BCUT2D eigenvalue weighted by molar-refractivity contribution is 0.597. The van der Waals surface area contributed by atoms with Gasteiger partial charge >= 0.3 is 0 Å². The molecule has 0 saturated carbocycles. The minimum absolute atomic E-state index is 0.0697. The second-order valence-corrected chi connectivity index (χ2v) is 5.53. The first-order chi connectivity index (χ1) is 8.40. The molecule has 5 nitrogen and oxygen atoms in total. The molecule has 0 unspecified atom stereocenters. The highest BCUT2D eigenvalue weighted by atomic mass is 32.2. The van der Waals surface area contributed by atoms with Crippen molar-refractivity contribution in [1.29, 1.82) is 0 Å². The van der Waals surface area contributed by atoms with Crippen LogP contribution in [-0.4, -0.2) is 18.4 Å². The van der Waals surface area contributed by atoms with Gasteiger partial charge in [0.05, 0.1) is 4.90 Å². The van der Waals surface area contributed by atoms with Gasteiger partial charge in [-0.15, -0.1) is 0 Å². The van der Waals surface area contributed by atoms with Gasteiger partial charge in [0, 0.05) is 12.4 Å². The minimum Gasteiger partial charge on any atom is -0.330 e. The van der Waals surface area contributed by atoms with E-state index < -0.39 is 15.8 Å². The van der Waals surface area contributed by atoms with Crippen LogP contribution in [0, 0.1) is 19.7 Å². The number of aromatic amines is 1. The minimum atomic E-state index is -3.77. The number of imidazole rings is 1. The molecule has 0 amide bonds. The summed E-state index contributed by atoms with van der Waals surface area (Å²) in [5.74, 6) is -0.333. The number of nitrogens with zero attached hydrogens (tertiary/aromatic N) is 1. The first-order valence-corrected chi connectivity index (χ1v) is 6.67. The highest BCUT2D eigenvalue weighted by Gasteiger charge is 2.21. The summed E-state index contributed by atoms with van der Waals surface area (Å²) in [7, 11) is -3.77. The van der Waals surface area contributed by atoms with Crippen LogP contribution in [0.1, 0.15) is 11.1 Å². The molecule has 0 fully saturated rings. The average molecular weight is 269 g/mol. The molecule has 1 heterocycles. The van der Waals surface area contributed by atoms with Gasteiger partial charge in [-0.05, 0) is 37.1 Å². The molecule has 0 spiro atoms. The Bertz CT molecular complexity index is 643. The van der Waals surface area contributed by atoms with Crippen LogP contribution in [-0.2, 0) is 10.0 Å². The summed E-state index contributed by atoms with van der Waals surface area (Å²) in [6, 6.07) is 2.37. The van der Waals surface area contributed by atoms with Crippen molar-refractivity contribution < 1.29 is 12.8 Å². The normalized spacial score (nSPS) is 11.5. The molecule has 2 rings (SSSR count). The number of H-pyrrole nitrogens is 1. The number of sulfonamides is 1. The van der Waals surface area contributed by atoms with Crippen LogP contribution < -0.4 is 4.72 Å². The third-order valence-electron chi connectivity index (χ3n) is 2.42. The van der Waals surface area contributed by atoms with Crippen molar-refractivity contribution in [3.8, 4) is 0 Å². The molecular weight excluding hydrogens is 257 g/mol. The number of rotatable bonds is 3. The maximum absolute atomic E-state index is 13.1. The number of aryl methyl sites for hydroxylation is 2. The maximum Gasteiger partial charge on any atom is 0.264 e. The Kier molecular flexibility index (Phi) is 3.08. The van der Waals surface area contributed by atoms with Crippen molar-refractivity contribution in [3.05, 3.63) is 41.5 Å². The molecule has 2 N–H and O–H groups in total. The molecule has 0 saturated heterocycles. The van der Waals surface area contributed by atoms with E-state index >= 15 is 0 Å². The molecule has 1 aromatic heterocycles. The number of hydrogen-bond donors (Lipinski definition) is 2. The Morgan fingerprint density at radius 3 is 2.39 bits per heavy atom. The quantitative estimate of drug-likeness (QED) is 0.894. The van der Waals surface area contributed by atoms with Crippen molar-refractivity contribution >= 4 is 16.0 Å². The summed E-state index contributed by atoms with van der Waals surface area (Å²) in [6.07, 6.45) is 2.93. The Morgan fingerprint density at radius 2 is 1.89 bits per heavy atom. The summed E-state index contributed by atoms with van der Waals surface area (Å²) in [6.45, 7) is 3.10. The number of aromatic nitrogens is 2. The number of nitrogens with one attached hydrogen (secondary N) is 2. The number of halogens is 1. The van der Waals surface area contributed by atoms with Crippen molar-refractivity contribution in [1.82, 2.24) is 9.97 Å². The lowest BCUT2D eigenvalue weighted by Crippen LogP contribution is -2.16. The first-order valence-electron chi connectivity index (χ1n) is 5.19. The summed E-state index contributed by atoms with van der Waals surface area (Å²) in [4.78, 5) is 6.49. The second-order valence-electron chi connectivity index (χ2n) is 3.91. The lowest BCUT2D eigenvalue weighted by Gasteiger charge is -2.11. The Hall–Kier alpha value is -1.89. The van der Waals surface area contributed by atoms with Gasteiger partial charge in [0.15, 0.2) is 0 Å². The molecule has 7 heteroatoms. The molecule has 2 aromatic rings. The summed E-state index contributed by atoms with van der Waals surface area (Å²) in [5.41, 5.74) is 0.707. The molecule has 0 bridgehead atoms. The van der Waals surface area contributed by atoms with Gasteiger partial charge in [-0.2, -0.15) is 0 Å². The number of benzene rings is 1. The fourth-order valence-electron chi connectivity index (χ4n) is 1.82. The van der Waals surface area contributed by atoms with Crippen LogP contribution in [0.15, 0.2) is 29.4 Å². The van der Waals surface area contributed by atoms with Crippen LogP contribution in [0.5, 0.6) is 0 Å². The Morgan fingerprint density at radius 1 is 1.28 bits per heavy atom. The van der Waals surface area contributed by atoms with Crippen LogP contribution in [0.4, 0.5) is 10.3 Å². The van der Waals surface area contributed by atoms with Gasteiger partial charge in [-0.1, -0.05) is 0 Å². The van der Waals surface area contributed by atoms with Gasteiger partial charge in [0.1, 0.15) is 5.82 Å². The van der Waals surface area contributed by atoms with Gasteiger partial charge in [-0.25, -0.2) is 22.5 Å². The summed E-state index contributed by atoms with van der Waals surface area (Å²) >= 11 is 0. The topological polar surface area (TPSA) is 74.8 Å². The molecule has 0 atom stereocenters. The Balaban J connectivity index is 2.48. The van der Waals surface area contributed by atoms with E-state index in [-0.39, 0.29) is 10.8 Å². The summed E-state index contributed by atoms with van der Waals surface area (Å²) in [5, 5.41) is 0. The van der Waals surface area contributed by atoms with Crippen LogP contribution in [0.2, 0.25) is 0 Å². The number of anilines is 1. The predicted octanol–water partition coefficient (Wildman–Crippen LogP) is 1.97. The van der Waals surface area contributed by atoms with E-state index in [0.717, 1.165) is 0 Å². The molecule has 0 aliphatic heterocycles. The van der Waals surface area contributed by atoms with Gasteiger partial charge in [0.2, 0.25) is 5.95 Å². The Labute approximate surface area is 104 Å². The molecular formula is C11H12FN3O2S. The maximum atomic E-state index is 13.1. The lowest BCUT2D eigenvalue weighted by atomic mass is 10.1. The zero-order valence-corrected chi connectivity index (χ0v) is 10.7. The van der Waals surface area contributed by atoms with E-state index in [2.05, 4.69) is 14.7 Å². The second kappa shape index (κ2) is 4.41. The molecule has 0 radical (unpaired) electrons. The molecule has 18 heavy (non-hydrogen) atoms. The van der Waals surface area contributed by atoms with Crippen molar-refractivity contribution in [2.75, 3.05) is 4.72 Å². The smallest absolute Gasteiger partial charge is 0.264 e. The van der Waals surface area contributed by atoms with Crippen LogP contribution in [0.3, 0.4) is 0 Å². The fourth-order valence-corrected chi connectivity index (χ4v) is 3.25. The van der Waals surface area contributed by atoms with Crippen LogP contribution >= 0.6 is 0 Å². The number of hydrogen-bond acceptors (Lipinski definition) is 3. The van der Waals surface area contributed by atoms with E-state index in [1.165, 1.54) is 24.5 Å². The average Bonchev–Trinajstić information content (AvgIpc) is 2.66. The van der Waals surface area contributed by atoms with Crippen molar-refractivity contribution in [3.63, 3.8) is 0 Å². The van der Waals surface area contributed by atoms with E-state index in [4.69, 9.17) is 0 Å². The zero-order valence-electron chi connectivity index (χ0n) is 9.86. The van der Waals surface area contributed by atoms with Gasteiger partial charge in [-0.3, -0.25) is 0 Å². The van der Waals surface area contributed by atoms with Crippen molar-refractivity contribution in [2.24, 2.45) is 0 Å². The van der Waals surface area contributed by atoms with Crippen molar-refractivity contribution in [2.45, 2.75) is 18.7 Å². The monoisotopic (exact) mass is 269 g/mol. The SMILES string of the molecule is Cc1cc(F)cc(C)c1S(=O)(=O)Nc1ncc[nH]1. The standard InChI is InChI=1S/C11H12FN3O2S/c1-7-5-9(12)6-8(2)10(7)18(16,17)15-11-13-3-4-14-11/h3-6H,1-2H3,(H2,13,14,15). The predicted molar refractivity (Wildman–Crippen MR) is 65.3 cm³/mol. The first kappa shape index (κ1) is 12.6. The molecule has 0 aliphatic carbocycles.